The predicted molar refractivity (Wildman–Crippen MR) is 109 cm³/mol. The van der Waals surface area contributed by atoms with E-state index in [-0.39, 0.29) is 12.1 Å². The van der Waals surface area contributed by atoms with Crippen LogP contribution in [0.1, 0.15) is 32.0 Å². The summed E-state index contributed by atoms with van der Waals surface area (Å²) >= 11 is 0. The topological polar surface area (TPSA) is 70.4 Å². The highest BCUT2D eigenvalue weighted by molar-refractivity contribution is 6.76. The van der Waals surface area contributed by atoms with Gasteiger partial charge in [-0.3, -0.25) is 0 Å². The Hall–Kier alpha value is -2.29. The molecule has 0 atom stereocenters. The molecule has 0 radical (unpaired) electrons. The van der Waals surface area contributed by atoms with Crippen molar-refractivity contribution in [2.24, 2.45) is 0 Å². The van der Waals surface area contributed by atoms with Crippen LogP contribution in [0, 0.1) is 6.92 Å². The van der Waals surface area contributed by atoms with E-state index in [1.165, 1.54) is 26.8 Å². The number of alkyl halides is 2. The molecule has 0 N–H and O–H groups in total. The van der Waals surface area contributed by atoms with Gasteiger partial charge in [0.1, 0.15) is 5.60 Å². The Morgan fingerprint density at radius 3 is 2.34 bits per heavy atom. The molecule has 1 aromatic heterocycles. The number of hydrogen-bond donors (Lipinski definition) is 0. The van der Waals surface area contributed by atoms with Gasteiger partial charge in [0.05, 0.1) is 17.8 Å². The fourth-order valence-corrected chi connectivity index (χ4v) is 3.29. The molecular formula is C20H28F2N2O4Si. The number of halogens is 2. The first-order valence-corrected chi connectivity index (χ1v) is 13.1. The lowest BCUT2D eigenvalue weighted by molar-refractivity contribution is -0.185. The molecule has 9 heteroatoms. The molecule has 2 aromatic rings. The van der Waals surface area contributed by atoms with Crippen molar-refractivity contribution in [3.05, 3.63) is 29.5 Å². The van der Waals surface area contributed by atoms with Gasteiger partial charge in [-0.05, 0) is 39.8 Å². The molecule has 0 unspecified atom stereocenters. The maximum absolute atomic E-state index is 14.7. The number of carbonyl (C=O) groups excluding carboxylic acids is 2. The van der Waals surface area contributed by atoms with Gasteiger partial charge in [-0.15, -0.1) is 0 Å². The second-order valence-electron chi connectivity index (χ2n) is 9.23. The number of aryl methyl sites for hydroxylation is 1. The van der Waals surface area contributed by atoms with Gasteiger partial charge in [-0.25, -0.2) is 9.59 Å². The number of carbonyl (C=O) groups is 2. The first-order valence-electron chi connectivity index (χ1n) is 9.40. The minimum Gasteiger partial charge on any atom is -0.455 e. The maximum Gasteiger partial charge on any atom is 0.435 e. The minimum atomic E-state index is -3.87. The van der Waals surface area contributed by atoms with Gasteiger partial charge in [-0.2, -0.15) is 18.6 Å². The van der Waals surface area contributed by atoms with Crippen LogP contribution >= 0.6 is 0 Å². The number of aromatic nitrogens is 2. The molecule has 160 valence electrons. The van der Waals surface area contributed by atoms with Gasteiger partial charge < -0.3 is 9.47 Å². The van der Waals surface area contributed by atoms with Crippen LogP contribution in [0.3, 0.4) is 0 Å². The van der Waals surface area contributed by atoms with Gasteiger partial charge in [0.15, 0.2) is 0 Å². The van der Waals surface area contributed by atoms with E-state index < -0.39 is 37.2 Å². The van der Waals surface area contributed by atoms with Crippen molar-refractivity contribution in [1.29, 1.82) is 0 Å². The monoisotopic (exact) mass is 426 g/mol. The first kappa shape index (κ1) is 23.0. The van der Waals surface area contributed by atoms with Crippen molar-refractivity contribution in [3.8, 4) is 0 Å². The summed E-state index contributed by atoms with van der Waals surface area (Å²) in [5.41, 5.74) is -0.978. The molecule has 0 saturated carbocycles. The molecule has 29 heavy (non-hydrogen) atoms. The summed E-state index contributed by atoms with van der Waals surface area (Å²) in [6.45, 7) is 12.9. The number of benzene rings is 1. The molecule has 2 rings (SSSR count). The van der Waals surface area contributed by atoms with Gasteiger partial charge in [0, 0.05) is 19.0 Å². The highest BCUT2D eigenvalue weighted by Crippen LogP contribution is 2.33. The highest BCUT2D eigenvalue weighted by Gasteiger charge is 2.45. The summed E-state index contributed by atoms with van der Waals surface area (Å²) in [7, 11) is -1.40. The molecule has 0 aliphatic rings. The van der Waals surface area contributed by atoms with Crippen LogP contribution in [0.4, 0.5) is 13.6 Å². The average Bonchev–Trinajstić information content (AvgIpc) is 2.88. The maximum atomic E-state index is 14.7. The van der Waals surface area contributed by atoms with Gasteiger partial charge in [0.25, 0.3) is 0 Å². The average molecular weight is 427 g/mol. The van der Waals surface area contributed by atoms with E-state index in [1.54, 1.807) is 6.92 Å². The van der Waals surface area contributed by atoms with Crippen LogP contribution in [0.2, 0.25) is 25.7 Å². The van der Waals surface area contributed by atoms with Crippen molar-refractivity contribution in [1.82, 2.24) is 9.78 Å². The Labute approximate surface area is 170 Å². The van der Waals surface area contributed by atoms with E-state index in [1.807, 2.05) is 0 Å². The zero-order valence-electron chi connectivity index (χ0n) is 17.9. The van der Waals surface area contributed by atoms with Crippen LogP contribution in [-0.2, 0) is 20.2 Å². The van der Waals surface area contributed by atoms with E-state index >= 15 is 0 Å². The Morgan fingerprint density at radius 2 is 1.79 bits per heavy atom. The van der Waals surface area contributed by atoms with Crippen LogP contribution in [0.25, 0.3) is 10.9 Å². The predicted octanol–water partition coefficient (Wildman–Crippen LogP) is 5.10. The molecule has 0 bridgehead atoms. The molecule has 0 aliphatic heterocycles. The number of esters is 1. The quantitative estimate of drug-likeness (QED) is 0.491. The third-order valence-corrected chi connectivity index (χ3v) is 5.84. The fraction of sp³-hybridized carbons (Fsp3) is 0.550. The largest absolute Gasteiger partial charge is 0.455 e. The van der Waals surface area contributed by atoms with Gasteiger partial charge in [-0.1, -0.05) is 31.8 Å². The lowest BCUT2D eigenvalue weighted by atomic mass is 10.1. The van der Waals surface area contributed by atoms with Gasteiger partial charge in [0.2, 0.25) is 0 Å². The number of rotatable bonds is 5. The third-order valence-electron chi connectivity index (χ3n) is 4.13. The Balaban J connectivity index is 2.36. The molecule has 1 heterocycles. The van der Waals surface area contributed by atoms with Crippen molar-refractivity contribution in [3.63, 3.8) is 0 Å². The molecule has 0 saturated heterocycles. The lowest BCUT2D eigenvalue weighted by Crippen LogP contribution is -2.35. The van der Waals surface area contributed by atoms with Crippen molar-refractivity contribution in [2.75, 3.05) is 6.61 Å². The van der Waals surface area contributed by atoms with Crippen molar-refractivity contribution < 1.29 is 27.8 Å². The van der Waals surface area contributed by atoms with E-state index in [4.69, 9.17) is 9.47 Å². The van der Waals surface area contributed by atoms with Crippen LogP contribution < -0.4 is 0 Å². The number of ether oxygens (including phenoxy) is 2. The fourth-order valence-electron chi connectivity index (χ4n) is 2.57. The third kappa shape index (κ3) is 5.62. The molecule has 0 amide bonds. The number of hydrogen-bond acceptors (Lipinski definition) is 5. The van der Waals surface area contributed by atoms with Crippen LogP contribution in [0.15, 0.2) is 18.2 Å². The minimum absolute atomic E-state index is 0.154. The summed E-state index contributed by atoms with van der Waals surface area (Å²) in [6, 6.07) is 4.41. The zero-order valence-corrected chi connectivity index (χ0v) is 18.9. The Morgan fingerprint density at radius 1 is 1.17 bits per heavy atom. The lowest BCUT2D eigenvalue weighted by Gasteiger charge is -2.23. The summed E-state index contributed by atoms with van der Waals surface area (Å²) < 4.78 is 40.4. The summed E-state index contributed by atoms with van der Waals surface area (Å²) in [5, 5.41) is 4.65. The normalized spacial score (nSPS) is 12.9. The SMILES string of the molecule is Cc1nn(C(=O)OCC[Si](C)(C)C)c2cc(C(F)(F)C(=O)OC(C)(C)C)ccc12. The van der Waals surface area contributed by atoms with E-state index in [0.29, 0.717) is 11.1 Å². The Kier molecular flexibility index (Phi) is 6.22. The van der Waals surface area contributed by atoms with E-state index in [0.717, 1.165) is 22.9 Å². The van der Waals surface area contributed by atoms with Crippen molar-refractivity contribution in [2.45, 2.75) is 64.9 Å². The van der Waals surface area contributed by atoms with Crippen molar-refractivity contribution >= 4 is 31.0 Å². The standard InChI is InChI=1S/C20H28F2N2O4Si/c1-13-15-9-8-14(20(21,22)17(25)28-19(2,3)4)12-16(15)24(23-13)18(26)27-10-11-29(5,6)7/h8-9,12H,10-11H2,1-7H3. The zero-order chi connectivity index (χ0) is 22.2. The number of fused-ring (bicyclic) bond motifs is 1. The molecule has 6 nitrogen and oxygen atoms in total. The van der Waals surface area contributed by atoms with Gasteiger partial charge >= 0.3 is 18.0 Å². The number of nitrogens with zero attached hydrogens (tertiary/aromatic N) is 2. The molecule has 1 aromatic carbocycles. The Bertz CT molecular complexity index is 927. The van der Waals surface area contributed by atoms with E-state index in [9.17, 15) is 18.4 Å². The molecular weight excluding hydrogens is 398 g/mol. The molecule has 0 aliphatic carbocycles. The second-order valence-corrected chi connectivity index (χ2v) is 14.9. The summed E-state index contributed by atoms with van der Waals surface area (Å²) in [5.74, 6) is -5.52. The van der Waals surface area contributed by atoms with Crippen LogP contribution in [-0.4, -0.2) is 42.1 Å². The smallest absolute Gasteiger partial charge is 0.435 e. The first-order chi connectivity index (χ1) is 13.1. The molecule has 0 fully saturated rings. The molecule has 0 spiro atoms. The van der Waals surface area contributed by atoms with E-state index in [2.05, 4.69) is 24.7 Å². The van der Waals surface area contributed by atoms with Crippen LogP contribution in [0.5, 0.6) is 0 Å². The highest BCUT2D eigenvalue weighted by atomic mass is 28.3. The summed E-state index contributed by atoms with van der Waals surface area (Å²) in [6.07, 6.45) is -0.737. The second kappa shape index (κ2) is 7.85. The summed E-state index contributed by atoms with van der Waals surface area (Å²) in [4.78, 5) is 24.4.